The number of nitrogens with one attached hydrogen (secondary N) is 1. The van der Waals surface area contributed by atoms with Crippen molar-refractivity contribution >= 4 is 0 Å². The Kier molecular flexibility index (Phi) is 4.53. The summed E-state index contributed by atoms with van der Waals surface area (Å²) in [4.78, 5) is 4.15. The highest BCUT2D eigenvalue weighted by atomic mass is 16.5. The van der Waals surface area contributed by atoms with Crippen LogP contribution in [0, 0.1) is 0 Å². The molecule has 1 heterocycles. The van der Waals surface area contributed by atoms with E-state index in [0.717, 1.165) is 5.75 Å². The van der Waals surface area contributed by atoms with Gasteiger partial charge in [0.2, 0.25) is 0 Å². The SMILES string of the molecule is COc1ccccc1[C@H](C)NC(C)c1cccnc1. The van der Waals surface area contributed by atoms with Crippen molar-refractivity contribution in [2.75, 3.05) is 7.11 Å². The van der Waals surface area contributed by atoms with Gasteiger partial charge in [-0.3, -0.25) is 4.98 Å². The number of hydrogen-bond donors (Lipinski definition) is 1. The highest BCUT2D eigenvalue weighted by Gasteiger charge is 2.14. The molecule has 0 aliphatic rings. The number of rotatable bonds is 5. The Hall–Kier alpha value is -1.87. The highest BCUT2D eigenvalue weighted by Crippen LogP contribution is 2.26. The Morgan fingerprint density at radius 1 is 1.05 bits per heavy atom. The maximum atomic E-state index is 5.40. The fourth-order valence-electron chi connectivity index (χ4n) is 2.22. The van der Waals surface area contributed by atoms with Gasteiger partial charge in [0.15, 0.2) is 0 Å². The molecule has 0 fully saturated rings. The first-order valence-electron chi connectivity index (χ1n) is 6.51. The number of pyridine rings is 1. The van der Waals surface area contributed by atoms with E-state index in [1.165, 1.54) is 11.1 Å². The summed E-state index contributed by atoms with van der Waals surface area (Å²) in [5.74, 6) is 0.917. The smallest absolute Gasteiger partial charge is 0.123 e. The van der Waals surface area contributed by atoms with Crippen molar-refractivity contribution in [2.45, 2.75) is 25.9 Å². The lowest BCUT2D eigenvalue weighted by atomic mass is 10.0. The molecule has 2 atom stereocenters. The quantitative estimate of drug-likeness (QED) is 0.889. The summed E-state index contributed by atoms with van der Waals surface area (Å²) >= 11 is 0. The normalized spacial score (nSPS) is 13.8. The topological polar surface area (TPSA) is 34.1 Å². The maximum Gasteiger partial charge on any atom is 0.123 e. The molecule has 2 aromatic rings. The van der Waals surface area contributed by atoms with Gasteiger partial charge >= 0.3 is 0 Å². The molecule has 100 valence electrons. The van der Waals surface area contributed by atoms with Gasteiger partial charge in [0.25, 0.3) is 0 Å². The van der Waals surface area contributed by atoms with E-state index >= 15 is 0 Å². The van der Waals surface area contributed by atoms with Crippen LogP contribution in [0.25, 0.3) is 0 Å². The number of methoxy groups -OCH3 is 1. The minimum Gasteiger partial charge on any atom is -0.496 e. The van der Waals surface area contributed by atoms with E-state index in [1.54, 1.807) is 13.3 Å². The van der Waals surface area contributed by atoms with Gasteiger partial charge in [-0.15, -0.1) is 0 Å². The fraction of sp³-hybridized carbons (Fsp3) is 0.312. The largest absolute Gasteiger partial charge is 0.496 e. The second kappa shape index (κ2) is 6.34. The second-order valence-electron chi connectivity index (χ2n) is 4.64. The van der Waals surface area contributed by atoms with E-state index in [9.17, 15) is 0 Å². The van der Waals surface area contributed by atoms with Crippen molar-refractivity contribution in [1.29, 1.82) is 0 Å². The van der Waals surface area contributed by atoms with Crippen LogP contribution >= 0.6 is 0 Å². The zero-order chi connectivity index (χ0) is 13.7. The molecule has 0 saturated carbocycles. The molecule has 1 aromatic heterocycles. The minimum absolute atomic E-state index is 0.214. The van der Waals surface area contributed by atoms with Gasteiger partial charge in [-0.2, -0.15) is 0 Å². The van der Waals surface area contributed by atoms with Crippen LogP contribution in [-0.4, -0.2) is 12.1 Å². The molecule has 3 heteroatoms. The molecule has 1 aromatic carbocycles. The van der Waals surface area contributed by atoms with Crippen LogP contribution in [0.5, 0.6) is 5.75 Å². The third kappa shape index (κ3) is 3.32. The van der Waals surface area contributed by atoms with Crippen LogP contribution in [0.4, 0.5) is 0 Å². The van der Waals surface area contributed by atoms with E-state index in [-0.39, 0.29) is 12.1 Å². The highest BCUT2D eigenvalue weighted by molar-refractivity contribution is 5.35. The number of hydrogen-bond acceptors (Lipinski definition) is 3. The lowest BCUT2D eigenvalue weighted by molar-refractivity contribution is 0.396. The molecule has 0 bridgehead atoms. The molecule has 0 saturated heterocycles. The summed E-state index contributed by atoms with van der Waals surface area (Å²) in [7, 11) is 1.70. The van der Waals surface area contributed by atoms with Crippen LogP contribution < -0.4 is 10.1 Å². The Morgan fingerprint density at radius 2 is 1.84 bits per heavy atom. The molecular formula is C16H20N2O. The van der Waals surface area contributed by atoms with Crippen LogP contribution in [-0.2, 0) is 0 Å². The van der Waals surface area contributed by atoms with E-state index < -0.39 is 0 Å². The molecule has 0 radical (unpaired) electrons. The monoisotopic (exact) mass is 256 g/mol. The Balaban J connectivity index is 2.11. The van der Waals surface area contributed by atoms with Crippen LogP contribution in [0.2, 0.25) is 0 Å². The lowest BCUT2D eigenvalue weighted by Crippen LogP contribution is -2.23. The van der Waals surface area contributed by atoms with E-state index in [1.807, 2.05) is 30.5 Å². The number of nitrogens with zero attached hydrogens (tertiary/aromatic N) is 1. The molecule has 19 heavy (non-hydrogen) atoms. The Labute approximate surface area is 114 Å². The molecule has 0 aliphatic carbocycles. The van der Waals surface area contributed by atoms with E-state index in [0.29, 0.717) is 0 Å². The summed E-state index contributed by atoms with van der Waals surface area (Å²) in [6.07, 6.45) is 3.69. The number of benzene rings is 1. The van der Waals surface area contributed by atoms with Gasteiger partial charge in [-0.25, -0.2) is 0 Å². The summed E-state index contributed by atoms with van der Waals surface area (Å²) < 4.78 is 5.40. The molecule has 0 aliphatic heterocycles. The van der Waals surface area contributed by atoms with Crippen LogP contribution in [0.3, 0.4) is 0 Å². The molecular weight excluding hydrogens is 236 g/mol. The zero-order valence-electron chi connectivity index (χ0n) is 11.6. The third-order valence-electron chi connectivity index (χ3n) is 3.29. The lowest BCUT2D eigenvalue weighted by Gasteiger charge is -2.22. The van der Waals surface area contributed by atoms with Gasteiger partial charge < -0.3 is 10.1 Å². The fourth-order valence-corrected chi connectivity index (χ4v) is 2.22. The summed E-state index contributed by atoms with van der Waals surface area (Å²) in [6.45, 7) is 4.29. The van der Waals surface area contributed by atoms with Crippen molar-refractivity contribution in [2.24, 2.45) is 0 Å². The Morgan fingerprint density at radius 3 is 2.53 bits per heavy atom. The van der Waals surface area contributed by atoms with Crippen molar-refractivity contribution < 1.29 is 4.74 Å². The molecule has 1 N–H and O–H groups in total. The molecule has 1 unspecified atom stereocenters. The maximum absolute atomic E-state index is 5.40. The summed E-state index contributed by atoms with van der Waals surface area (Å²) in [5.41, 5.74) is 2.35. The summed E-state index contributed by atoms with van der Waals surface area (Å²) in [5, 5.41) is 3.57. The van der Waals surface area contributed by atoms with Gasteiger partial charge in [-0.05, 0) is 31.5 Å². The first-order valence-corrected chi connectivity index (χ1v) is 6.51. The number of ether oxygens (including phenoxy) is 1. The predicted molar refractivity (Wildman–Crippen MR) is 77.2 cm³/mol. The van der Waals surface area contributed by atoms with Crippen molar-refractivity contribution in [3.63, 3.8) is 0 Å². The minimum atomic E-state index is 0.214. The first kappa shape index (κ1) is 13.6. The van der Waals surface area contributed by atoms with Crippen molar-refractivity contribution in [1.82, 2.24) is 10.3 Å². The van der Waals surface area contributed by atoms with Gasteiger partial charge in [-0.1, -0.05) is 24.3 Å². The predicted octanol–water partition coefficient (Wildman–Crippen LogP) is 3.50. The van der Waals surface area contributed by atoms with Crippen LogP contribution in [0.15, 0.2) is 48.8 Å². The molecule has 3 nitrogen and oxygen atoms in total. The van der Waals surface area contributed by atoms with Crippen LogP contribution in [0.1, 0.15) is 37.1 Å². The third-order valence-corrected chi connectivity index (χ3v) is 3.29. The molecule has 0 spiro atoms. The number of para-hydroxylation sites is 1. The molecule has 0 amide bonds. The summed E-state index contributed by atoms with van der Waals surface area (Å²) in [6, 6.07) is 12.6. The zero-order valence-corrected chi connectivity index (χ0v) is 11.6. The number of aromatic nitrogens is 1. The van der Waals surface area contributed by atoms with Gasteiger partial charge in [0.05, 0.1) is 7.11 Å². The second-order valence-corrected chi connectivity index (χ2v) is 4.64. The first-order chi connectivity index (χ1) is 9.22. The van der Waals surface area contributed by atoms with Crippen molar-refractivity contribution in [3.8, 4) is 5.75 Å². The Bertz CT molecular complexity index is 513. The average molecular weight is 256 g/mol. The van der Waals surface area contributed by atoms with Gasteiger partial charge in [0, 0.05) is 30.0 Å². The van der Waals surface area contributed by atoms with E-state index in [4.69, 9.17) is 4.74 Å². The standard InChI is InChI=1S/C16H20N2O/c1-12(14-7-6-10-17-11-14)18-13(2)15-8-4-5-9-16(15)19-3/h4-13,18H,1-3H3/t12?,13-/m0/s1. The molecule has 2 rings (SSSR count). The van der Waals surface area contributed by atoms with E-state index in [2.05, 4.69) is 36.3 Å². The van der Waals surface area contributed by atoms with Crippen molar-refractivity contribution in [3.05, 3.63) is 59.9 Å². The average Bonchev–Trinajstić information content (AvgIpc) is 2.48. The van der Waals surface area contributed by atoms with Gasteiger partial charge in [0.1, 0.15) is 5.75 Å².